The third kappa shape index (κ3) is 5.69. The maximum Gasteiger partial charge on any atom is 0.337 e. The van der Waals surface area contributed by atoms with E-state index in [9.17, 15) is 9.59 Å². The smallest absolute Gasteiger partial charge is 0.337 e. The molecule has 8 nitrogen and oxygen atoms in total. The van der Waals surface area contributed by atoms with Crippen LogP contribution in [0, 0.1) is 0 Å². The van der Waals surface area contributed by atoms with Gasteiger partial charge in [-0.1, -0.05) is 12.1 Å². The number of hydrogen-bond donors (Lipinski definition) is 0. The number of piperidine rings is 1. The first-order valence-corrected chi connectivity index (χ1v) is 11.7. The van der Waals surface area contributed by atoms with Gasteiger partial charge < -0.3 is 24.0 Å². The van der Waals surface area contributed by atoms with Gasteiger partial charge in [0.25, 0.3) is 5.91 Å². The number of nitrogens with zero attached hydrogens (tertiary/aromatic N) is 3. The minimum atomic E-state index is -0.322. The summed E-state index contributed by atoms with van der Waals surface area (Å²) < 4.78 is 15.6. The van der Waals surface area contributed by atoms with Crippen LogP contribution >= 0.6 is 0 Å². The molecule has 0 N–H and O–H groups in total. The third-order valence-electron chi connectivity index (χ3n) is 6.45. The highest BCUT2D eigenvalue weighted by molar-refractivity contribution is 5.95. The molecule has 0 unspecified atom stereocenters. The molecule has 4 rings (SSSR count). The van der Waals surface area contributed by atoms with Gasteiger partial charge in [0, 0.05) is 44.3 Å². The van der Waals surface area contributed by atoms with Crippen LogP contribution in [0.3, 0.4) is 0 Å². The second-order valence-electron chi connectivity index (χ2n) is 9.07. The van der Waals surface area contributed by atoms with Crippen LogP contribution in [0.5, 0.6) is 11.5 Å². The average Bonchev–Trinajstić information content (AvgIpc) is 3.33. The molecule has 1 fully saturated rings. The minimum absolute atomic E-state index is 0.0389. The van der Waals surface area contributed by atoms with Gasteiger partial charge >= 0.3 is 5.97 Å². The fourth-order valence-corrected chi connectivity index (χ4v) is 4.46. The molecule has 2 aromatic carbocycles. The number of amides is 1. The van der Waals surface area contributed by atoms with E-state index < -0.39 is 0 Å². The number of fused-ring (bicyclic) bond motifs is 1. The molecule has 2 aliphatic heterocycles. The highest BCUT2D eigenvalue weighted by Gasteiger charge is 2.29. The standard InChI is InChI=1S/C26H33N3O5/c1-27(2)14-15-29(25(30)21-8-9-23-24(16-21)34-18-33-23)22-10-12-28(13-11-22)17-19-4-6-20(7-5-19)26(31)32-3/h4-9,16,22H,10-15,17-18H2,1-3H3. The summed E-state index contributed by atoms with van der Waals surface area (Å²) in [7, 11) is 5.44. The quantitative estimate of drug-likeness (QED) is 0.553. The van der Waals surface area contributed by atoms with Crippen molar-refractivity contribution in [2.24, 2.45) is 0 Å². The monoisotopic (exact) mass is 467 g/mol. The summed E-state index contributed by atoms with van der Waals surface area (Å²) in [6.45, 7) is 4.33. The molecule has 0 saturated carbocycles. The van der Waals surface area contributed by atoms with Gasteiger partial charge in [-0.2, -0.15) is 0 Å². The van der Waals surface area contributed by atoms with Crippen molar-refractivity contribution in [3.8, 4) is 11.5 Å². The SMILES string of the molecule is COC(=O)c1ccc(CN2CCC(N(CCN(C)C)C(=O)c3ccc4c(c3)OCO4)CC2)cc1. The summed E-state index contributed by atoms with van der Waals surface area (Å²) in [5.74, 6) is 1.03. The van der Waals surface area contributed by atoms with Gasteiger partial charge in [0.05, 0.1) is 12.7 Å². The highest BCUT2D eigenvalue weighted by Crippen LogP contribution is 2.33. The van der Waals surface area contributed by atoms with Crippen molar-refractivity contribution >= 4 is 11.9 Å². The number of methoxy groups -OCH3 is 1. The number of likely N-dealkylation sites (tertiary alicyclic amines) is 1. The molecular weight excluding hydrogens is 434 g/mol. The minimum Gasteiger partial charge on any atom is -0.465 e. The van der Waals surface area contributed by atoms with Crippen LogP contribution in [0.1, 0.15) is 39.1 Å². The average molecular weight is 468 g/mol. The molecule has 0 radical (unpaired) electrons. The highest BCUT2D eigenvalue weighted by atomic mass is 16.7. The third-order valence-corrected chi connectivity index (χ3v) is 6.45. The molecule has 0 bridgehead atoms. The molecule has 1 amide bonds. The summed E-state index contributed by atoms with van der Waals surface area (Å²) in [4.78, 5) is 31.7. The number of ether oxygens (including phenoxy) is 3. The Bertz CT molecular complexity index is 1000. The maximum absolute atomic E-state index is 13.5. The lowest BCUT2D eigenvalue weighted by Gasteiger charge is -2.39. The second kappa shape index (κ2) is 10.9. The molecule has 8 heteroatoms. The van der Waals surface area contributed by atoms with Crippen LogP contribution in [0.2, 0.25) is 0 Å². The Morgan fingerprint density at radius 2 is 1.65 bits per heavy atom. The van der Waals surface area contributed by atoms with E-state index in [1.807, 2.05) is 43.3 Å². The van der Waals surface area contributed by atoms with Gasteiger partial charge in [-0.05, 0) is 62.8 Å². The normalized spacial score (nSPS) is 16.0. The zero-order chi connectivity index (χ0) is 24.1. The Kier molecular flexibility index (Phi) is 7.70. The van der Waals surface area contributed by atoms with Gasteiger partial charge in [0.15, 0.2) is 11.5 Å². The first kappa shape index (κ1) is 24.0. The zero-order valence-corrected chi connectivity index (χ0v) is 20.2. The molecular formula is C26H33N3O5. The molecule has 2 aromatic rings. The van der Waals surface area contributed by atoms with E-state index >= 15 is 0 Å². The molecule has 0 aromatic heterocycles. The Morgan fingerprint density at radius 1 is 0.971 bits per heavy atom. The number of benzene rings is 2. The van der Waals surface area contributed by atoms with Crippen molar-refractivity contribution in [1.82, 2.24) is 14.7 Å². The first-order valence-electron chi connectivity index (χ1n) is 11.7. The number of carbonyl (C=O) groups excluding carboxylic acids is 2. The molecule has 0 spiro atoms. The molecule has 0 atom stereocenters. The largest absolute Gasteiger partial charge is 0.465 e. The van der Waals surface area contributed by atoms with E-state index in [1.54, 1.807) is 18.2 Å². The van der Waals surface area contributed by atoms with Crippen molar-refractivity contribution in [3.63, 3.8) is 0 Å². The van der Waals surface area contributed by atoms with Gasteiger partial charge in [0.1, 0.15) is 0 Å². The summed E-state index contributed by atoms with van der Waals surface area (Å²) in [5, 5.41) is 0. The van der Waals surface area contributed by atoms with Gasteiger partial charge in [0.2, 0.25) is 6.79 Å². The van der Waals surface area contributed by atoms with Gasteiger partial charge in [-0.25, -0.2) is 4.79 Å². The van der Waals surface area contributed by atoms with Crippen LogP contribution in [-0.4, -0.2) is 86.8 Å². The summed E-state index contributed by atoms with van der Waals surface area (Å²) >= 11 is 0. The Morgan fingerprint density at radius 3 is 2.32 bits per heavy atom. The summed E-state index contributed by atoms with van der Waals surface area (Å²) in [5.41, 5.74) is 2.35. The number of likely N-dealkylation sites (N-methyl/N-ethyl adjacent to an activating group) is 1. The van der Waals surface area contributed by atoms with E-state index in [0.717, 1.165) is 44.6 Å². The first-order chi connectivity index (χ1) is 16.4. The van der Waals surface area contributed by atoms with Crippen molar-refractivity contribution in [2.45, 2.75) is 25.4 Å². The van der Waals surface area contributed by atoms with Crippen molar-refractivity contribution in [1.29, 1.82) is 0 Å². The van der Waals surface area contributed by atoms with Crippen molar-refractivity contribution in [3.05, 3.63) is 59.2 Å². The van der Waals surface area contributed by atoms with Crippen molar-refractivity contribution < 1.29 is 23.8 Å². The van der Waals surface area contributed by atoms with Gasteiger partial charge in [-0.15, -0.1) is 0 Å². The molecule has 34 heavy (non-hydrogen) atoms. The topological polar surface area (TPSA) is 71.6 Å². The lowest BCUT2D eigenvalue weighted by molar-refractivity contribution is 0.0546. The molecule has 2 heterocycles. The van der Waals surface area contributed by atoms with Crippen LogP contribution in [0.25, 0.3) is 0 Å². The second-order valence-corrected chi connectivity index (χ2v) is 9.07. The predicted molar refractivity (Wildman–Crippen MR) is 128 cm³/mol. The fraction of sp³-hybridized carbons (Fsp3) is 0.462. The lowest BCUT2D eigenvalue weighted by Crippen LogP contribution is -2.49. The fourth-order valence-electron chi connectivity index (χ4n) is 4.46. The van der Waals surface area contributed by atoms with Crippen LogP contribution < -0.4 is 9.47 Å². The van der Waals surface area contributed by atoms with E-state index in [0.29, 0.717) is 29.2 Å². The zero-order valence-electron chi connectivity index (χ0n) is 20.2. The van der Waals surface area contributed by atoms with E-state index in [2.05, 4.69) is 9.80 Å². The number of esters is 1. The van der Waals surface area contributed by atoms with E-state index in [4.69, 9.17) is 14.2 Å². The summed E-state index contributed by atoms with van der Waals surface area (Å²) in [6.07, 6.45) is 1.84. The van der Waals surface area contributed by atoms with Crippen molar-refractivity contribution in [2.75, 3.05) is 54.2 Å². The molecule has 1 saturated heterocycles. The predicted octanol–water partition coefficient (Wildman–Crippen LogP) is 2.87. The Hall–Kier alpha value is -3.10. The van der Waals surface area contributed by atoms with Gasteiger partial charge in [-0.3, -0.25) is 9.69 Å². The Balaban J connectivity index is 1.38. The molecule has 0 aliphatic carbocycles. The van der Waals surface area contributed by atoms with Crippen LogP contribution in [-0.2, 0) is 11.3 Å². The molecule has 182 valence electrons. The maximum atomic E-state index is 13.5. The lowest BCUT2D eigenvalue weighted by atomic mass is 10.0. The van der Waals surface area contributed by atoms with E-state index in [-0.39, 0.29) is 24.7 Å². The summed E-state index contributed by atoms with van der Waals surface area (Å²) in [6, 6.07) is 13.2. The molecule has 2 aliphatic rings. The van der Waals surface area contributed by atoms with Crippen LogP contribution in [0.15, 0.2) is 42.5 Å². The number of hydrogen-bond acceptors (Lipinski definition) is 7. The van der Waals surface area contributed by atoms with E-state index in [1.165, 1.54) is 7.11 Å². The Labute approximate surface area is 201 Å². The number of carbonyl (C=O) groups is 2. The number of rotatable bonds is 8. The van der Waals surface area contributed by atoms with Crippen LogP contribution in [0.4, 0.5) is 0 Å².